The van der Waals surface area contributed by atoms with Crippen molar-refractivity contribution in [2.24, 2.45) is 0 Å². The van der Waals surface area contributed by atoms with E-state index in [-0.39, 0.29) is 5.78 Å². The SMILES string of the molecule is CC(=O)c1cc(Br)cn1-c1ccncc1Cl. The second kappa shape index (κ2) is 4.39. The van der Waals surface area contributed by atoms with Gasteiger partial charge in [0.05, 0.1) is 16.4 Å². The van der Waals surface area contributed by atoms with E-state index in [1.54, 1.807) is 35.3 Å². The summed E-state index contributed by atoms with van der Waals surface area (Å²) in [6.07, 6.45) is 4.99. The minimum atomic E-state index is -0.0152. The van der Waals surface area contributed by atoms with Crippen molar-refractivity contribution in [2.45, 2.75) is 6.92 Å². The van der Waals surface area contributed by atoms with Crippen LogP contribution in [-0.4, -0.2) is 15.3 Å². The van der Waals surface area contributed by atoms with Crippen LogP contribution in [0.2, 0.25) is 5.02 Å². The topological polar surface area (TPSA) is 34.9 Å². The van der Waals surface area contributed by atoms with Gasteiger partial charge in [-0.2, -0.15) is 0 Å². The van der Waals surface area contributed by atoms with Crippen LogP contribution in [0.15, 0.2) is 35.2 Å². The molecular formula is C11H8BrClN2O. The summed E-state index contributed by atoms with van der Waals surface area (Å²) >= 11 is 9.38. The second-order valence-electron chi connectivity index (χ2n) is 3.30. The highest BCUT2D eigenvalue weighted by molar-refractivity contribution is 9.10. The fraction of sp³-hybridized carbons (Fsp3) is 0.0909. The van der Waals surface area contributed by atoms with Crippen molar-refractivity contribution in [3.63, 3.8) is 0 Å². The molecule has 0 aliphatic carbocycles. The summed E-state index contributed by atoms with van der Waals surface area (Å²) in [5.74, 6) is -0.0152. The summed E-state index contributed by atoms with van der Waals surface area (Å²) in [4.78, 5) is 15.4. The molecule has 0 atom stereocenters. The molecule has 0 unspecified atom stereocenters. The van der Waals surface area contributed by atoms with Crippen LogP contribution in [0.25, 0.3) is 5.69 Å². The summed E-state index contributed by atoms with van der Waals surface area (Å²) in [6.45, 7) is 1.52. The standard InChI is InChI=1S/C11H8BrClN2O/c1-7(16)11-4-8(12)6-15(11)10-2-3-14-5-9(10)13/h2-6H,1H3. The minimum Gasteiger partial charge on any atom is -0.311 e. The van der Waals surface area contributed by atoms with Crippen LogP contribution < -0.4 is 0 Å². The molecule has 0 radical (unpaired) electrons. The Morgan fingerprint density at radius 2 is 2.31 bits per heavy atom. The van der Waals surface area contributed by atoms with E-state index in [1.165, 1.54) is 6.92 Å². The Labute approximate surface area is 106 Å². The number of halogens is 2. The van der Waals surface area contributed by atoms with E-state index in [2.05, 4.69) is 20.9 Å². The molecular weight excluding hydrogens is 291 g/mol. The third-order valence-corrected chi connectivity index (χ3v) is 2.88. The number of Topliss-reactive ketones (excluding diaryl/α,β-unsaturated/α-hetero) is 1. The Bertz CT molecular complexity index is 551. The van der Waals surface area contributed by atoms with Gasteiger partial charge in [-0.25, -0.2) is 0 Å². The van der Waals surface area contributed by atoms with Gasteiger partial charge < -0.3 is 4.57 Å². The molecule has 0 saturated carbocycles. The predicted octanol–water partition coefficient (Wildman–Crippen LogP) is 3.49. The Kier molecular flexibility index (Phi) is 3.12. The maximum atomic E-state index is 11.5. The van der Waals surface area contributed by atoms with Crippen molar-refractivity contribution in [2.75, 3.05) is 0 Å². The van der Waals surface area contributed by atoms with E-state index in [0.29, 0.717) is 10.7 Å². The number of hydrogen-bond acceptors (Lipinski definition) is 2. The van der Waals surface area contributed by atoms with Gasteiger partial charge in [0.25, 0.3) is 0 Å². The Balaban J connectivity index is 2.64. The molecule has 2 aromatic heterocycles. The zero-order valence-electron chi connectivity index (χ0n) is 8.45. The number of hydrogen-bond donors (Lipinski definition) is 0. The van der Waals surface area contributed by atoms with Gasteiger partial charge in [-0.15, -0.1) is 0 Å². The highest BCUT2D eigenvalue weighted by atomic mass is 79.9. The molecule has 2 rings (SSSR count). The maximum absolute atomic E-state index is 11.5. The number of carbonyl (C=O) groups is 1. The molecule has 0 saturated heterocycles. The summed E-state index contributed by atoms with van der Waals surface area (Å²) in [5, 5.41) is 0.508. The highest BCUT2D eigenvalue weighted by Gasteiger charge is 2.12. The average molecular weight is 300 g/mol. The molecule has 2 heterocycles. The van der Waals surface area contributed by atoms with Gasteiger partial charge in [0.2, 0.25) is 0 Å². The monoisotopic (exact) mass is 298 g/mol. The predicted molar refractivity (Wildman–Crippen MR) is 66.3 cm³/mol. The third-order valence-electron chi connectivity index (χ3n) is 2.16. The van der Waals surface area contributed by atoms with Crippen LogP contribution in [0.5, 0.6) is 0 Å². The van der Waals surface area contributed by atoms with Crippen molar-refractivity contribution >= 4 is 33.3 Å². The number of pyridine rings is 1. The van der Waals surface area contributed by atoms with Gasteiger partial charge >= 0.3 is 0 Å². The van der Waals surface area contributed by atoms with Gasteiger partial charge in [-0.05, 0) is 28.1 Å². The van der Waals surface area contributed by atoms with Crippen molar-refractivity contribution in [3.8, 4) is 5.69 Å². The first-order valence-corrected chi connectivity index (χ1v) is 5.75. The van der Waals surface area contributed by atoms with Crippen LogP contribution in [0.3, 0.4) is 0 Å². The van der Waals surface area contributed by atoms with Crippen LogP contribution in [0, 0.1) is 0 Å². The normalized spacial score (nSPS) is 10.4. The zero-order valence-corrected chi connectivity index (χ0v) is 10.8. The number of rotatable bonds is 2. The molecule has 0 fully saturated rings. The van der Waals surface area contributed by atoms with Crippen LogP contribution in [0.4, 0.5) is 0 Å². The summed E-state index contributed by atoms with van der Waals surface area (Å²) in [6, 6.07) is 3.53. The molecule has 0 spiro atoms. The van der Waals surface area contributed by atoms with Crippen molar-refractivity contribution in [1.82, 2.24) is 9.55 Å². The molecule has 0 N–H and O–H groups in total. The lowest BCUT2D eigenvalue weighted by Gasteiger charge is -2.07. The van der Waals surface area contributed by atoms with Crippen LogP contribution in [0.1, 0.15) is 17.4 Å². The van der Waals surface area contributed by atoms with E-state index in [9.17, 15) is 4.79 Å². The Hall–Kier alpha value is -1.13. The minimum absolute atomic E-state index is 0.0152. The third kappa shape index (κ3) is 2.03. The molecule has 3 nitrogen and oxygen atoms in total. The lowest BCUT2D eigenvalue weighted by molar-refractivity contribution is 0.101. The number of ketones is 1. The lowest BCUT2D eigenvalue weighted by atomic mass is 10.3. The van der Waals surface area contributed by atoms with E-state index in [0.717, 1.165) is 10.2 Å². The quantitative estimate of drug-likeness (QED) is 0.796. The van der Waals surface area contributed by atoms with Crippen molar-refractivity contribution in [3.05, 3.63) is 45.9 Å². The molecule has 16 heavy (non-hydrogen) atoms. The van der Waals surface area contributed by atoms with Gasteiger partial charge in [-0.1, -0.05) is 11.6 Å². The van der Waals surface area contributed by atoms with E-state index in [1.807, 2.05) is 0 Å². The number of nitrogens with zero attached hydrogens (tertiary/aromatic N) is 2. The van der Waals surface area contributed by atoms with Gasteiger partial charge in [0.1, 0.15) is 0 Å². The van der Waals surface area contributed by atoms with Crippen molar-refractivity contribution in [1.29, 1.82) is 0 Å². The zero-order chi connectivity index (χ0) is 11.7. The first kappa shape index (κ1) is 11.4. The molecule has 0 bridgehead atoms. The van der Waals surface area contributed by atoms with E-state index >= 15 is 0 Å². The molecule has 0 aliphatic heterocycles. The van der Waals surface area contributed by atoms with E-state index in [4.69, 9.17) is 11.6 Å². The number of aromatic nitrogens is 2. The lowest BCUT2D eigenvalue weighted by Crippen LogP contribution is -2.03. The van der Waals surface area contributed by atoms with Crippen LogP contribution in [-0.2, 0) is 0 Å². The fourth-order valence-corrected chi connectivity index (χ4v) is 2.10. The van der Waals surface area contributed by atoms with Crippen LogP contribution >= 0.6 is 27.5 Å². The molecule has 0 aliphatic rings. The highest BCUT2D eigenvalue weighted by Crippen LogP contribution is 2.24. The van der Waals surface area contributed by atoms with Gasteiger partial charge in [0, 0.05) is 30.0 Å². The molecule has 2 aromatic rings. The second-order valence-corrected chi connectivity index (χ2v) is 4.62. The number of carbonyl (C=O) groups excluding carboxylic acids is 1. The molecule has 5 heteroatoms. The largest absolute Gasteiger partial charge is 0.311 e. The first-order chi connectivity index (χ1) is 7.59. The maximum Gasteiger partial charge on any atom is 0.176 e. The molecule has 0 aromatic carbocycles. The smallest absolute Gasteiger partial charge is 0.176 e. The van der Waals surface area contributed by atoms with Gasteiger partial charge in [-0.3, -0.25) is 9.78 Å². The van der Waals surface area contributed by atoms with Crippen molar-refractivity contribution < 1.29 is 4.79 Å². The molecule has 82 valence electrons. The van der Waals surface area contributed by atoms with Gasteiger partial charge in [0.15, 0.2) is 5.78 Å². The Morgan fingerprint density at radius 3 is 2.94 bits per heavy atom. The van der Waals surface area contributed by atoms with E-state index < -0.39 is 0 Å². The Morgan fingerprint density at radius 1 is 1.56 bits per heavy atom. The summed E-state index contributed by atoms with van der Waals surface area (Å²) < 4.78 is 2.58. The average Bonchev–Trinajstić information content (AvgIpc) is 2.61. The molecule has 0 amide bonds. The summed E-state index contributed by atoms with van der Waals surface area (Å²) in [7, 11) is 0. The summed E-state index contributed by atoms with van der Waals surface area (Å²) in [5.41, 5.74) is 1.33. The first-order valence-electron chi connectivity index (χ1n) is 4.58. The fourth-order valence-electron chi connectivity index (χ4n) is 1.46.